The van der Waals surface area contributed by atoms with Gasteiger partial charge in [-0.05, 0) is 25.0 Å². The number of amides is 1. The Bertz CT molecular complexity index is 614. The monoisotopic (exact) mass is 275 g/mol. The van der Waals surface area contributed by atoms with Gasteiger partial charge in [0.15, 0.2) is 0 Å². The van der Waals surface area contributed by atoms with Gasteiger partial charge < -0.3 is 9.32 Å². The molecule has 0 N–H and O–H groups in total. The molecule has 1 aromatic heterocycles. The van der Waals surface area contributed by atoms with Gasteiger partial charge in [0.25, 0.3) is 5.89 Å². The predicted molar refractivity (Wildman–Crippen MR) is 69.3 cm³/mol. The molecule has 1 aromatic carbocycles. The van der Waals surface area contributed by atoms with Gasteiger partial charge in [-0.15, -0.1) is 10.2 Å². The second-order valence-corrected chi connectivity index (χ2v) is 4.86. The lowest BCUT2D eigenvalue weighted by atomic mass is 9.99. The highest BCUT2D eigenvalue weighted by molar-refractivity contribution is 5.53. The van der Waals surface area contributed by atoms with E-state index in [0.29, 0.717) is 18.0 Å². The number of likely N-dealkylation sites (tertiary alicyclic amines) is 1. The van der Waals surface area contributed by atoms with E-state index >= 15 is 0 Å². The van der Waals surface area contributed by atoms with E-state index in [1.54, 1.807) is 23.1 Å². The van der Waals surface area contributed by atoms with Crippen LogP contribution in [-0.4, -0.2) is 34.6 Å². The van der Waals surface area contributed by atoms with Gasteiger partial charge in [-0.25, -0.2) is 4.39 Å². The smallest absolute Gasteiger partial charge is 0.250 e. The minimum absolute atomic E-state index is 0.0296. The lowest BCUT2D eigenvalue weighted by molar-refractivity contribution is -0.119. The summed E-state index contributed by atoms with van der Waals surface area (Å²) in [4.78, 5) is 12.5. The van der Waals surface area contributed by atoms with Gasteiger partial charge in [0.05, 0.1) is 11.5 Å². The molecule has 1 atom stereocenters. The maximum Gasteiger partial charge on any atom is 0.250 e. The molecule has 3 rings (SSSR count). The summed E-state index contributed by atoms with van der Waals surface area (Å²) in [5, 5.41) is 7.91. The van der Waals surface area contributed by atoms with E-state index in [-0.39, 0.29) is 17.6 Å². The number of halogens is 1. The molecule has 2 heterocycles. The molecule has 20 heavy (non-hydrogen) atoms. The van der Waals surface area contributed by atoms with Crippen LogP contribution in [0.3, 0.4) is 0 Å². The zero-order valence-corrected chi connectivity index (χ0v) is 10.8. The molecular formula is C14H14FN3O2. The van der Waals surface area contributed by atoms with Crippen LogP contribution in [-0.2, 0) is 4.79 Å². The molecule has 1 amide bonds. The maximum atomic E-state index is 13.7. The van der Waals surface area contributed by atoms with E-state index in [2.05, 4.69) is 10.2 Å². The third-order valence-corrected chi connectivity index (χ3v) is 3.50. The summed E-state index contributed by atoms with van der Waals surface area (Å²) in [6.07, 6.45) is 2.63. The average Bonchev–Trinajstić information content (AvgIpc) is 2.97. The standard InChI is InChI=1S/C14H14FN3O2/c15-12-6-2-1-5-11(12)14-17-16-13(20-14)10-4-3-7-18(8-10)9-19/h1-2,5-6,9-10H,3-4,7-8H2/t10-/m0/s1. The van der Waals surface area contributed by atoms with Gasteiger partial charge in [0.1, 0.15) is 5.82 Å². The van der Waals surface area contributed by atoms with Crippen molar-refractivity contribution in [1.29, 1.82) is 0 Å². The lowest BCUT2D eigenvalue weighted by Crippen LogP contribution is -2.33. The molecule has 5 nitrogen and oxygen atoms in total. The Morgan fingerprint density at radius 2 is 2.20 bits per heavy atom. The highest BCUT2D eigenvalue weighted by Gasteiger charge is 2.25. The zero-order chi connectivity index (χ0) is 13.9. The summed E-state index contributed by atoms with van der Waals surface area (Å²) in [5.41, 5.74) is 0.300. The van der Waals surface area contributed by atoms with E-state index in [4.69, 9.17) is 4.42 Å². The summed E-state index contributed by atoms with van der Waals surface area (Å²) in [7, 11) is 0. The first-order valence-electron chi connectivity index (χ1n) is 6.55. The van der Waals surface area contributed by atoms with Gasteiger partial charge in [0, 0.05) is 13.1 Å². The number of piperidine rings is 1. The van der Waals surface area contributed by atoms with Crippen molar-refractivity contribution in [2.75, 3.05) is 13.1 Å². The lowest BCUT2D eigenvalue weighted by Gasteiger charge is -2.27. The zero-order valence-electron chi connectivity index (χ0n) is 10.8. The number of nitrogens with zero attached hydrogens (tertiary/aromatic N) is 3. The number of hydrogen-bond acceptors (Lipinski definition) is 4. The van der Waals surface area contributed by atoms with Crippen LogP contribution in [0.1, 0.15) is 24.7 Å². The Balaban J connectivity index is 1.83. The first-order chi connectivity index (χ1) is 9.78. The summed E-state index contributed by atoms with van der Waals surface area (Å²) in [6, 6.07) is 6.29. The highest BCUT2D eigenvalue weighted by atomic mass is 19.1. The van der Waals surface area contributed by atoms with Crippen molar-refractivity contribution in [2.24, 2.45) is 0 Å². The summed E-state index contributed by atoms with van der Waals surface area (Å²) < 4.78 is 19.2. The number of aromatic nitrogens is 2. The van der Waals surface area contributed by atoms with Crippen LogP contribution < -0.4 is 0 Å². The van der Waals surface area contributed by atoms with E-state index in [9.17, 15) is 9.18 Å². The van der Waals surface area contributed by atoms with Crippen LogP contribution in [0.15, 0.2) is 28.7 Å². The quantitative estimate of drug-likeness (QED) is 0.806. The maximum absolute atomic E-state index is 13.7. The van der Waals surface area contributed by atoms with Crippen LogP contribution in [0.4, 0.5) is 4.39 Å². The van der Waals surface area contributed by atoms with E-state index in [1.807, 2.05) is 0 Å². The van der Waals surface area contributed by atoms with E-state index in [1.165, 1.54) is 6.07 Å². The number of carbonyl (C=O) groups excluding carboxylic acids is 1. The van der Waals surface area contributed by atoms with Crippen molar-refractivity contribution in [2.45, 2.75) is 18.8 Å². The second kappa shape index (κ2) is 5.40. The normalized spacial score (nSPS) is 19.1. The molecule has 1 aliphatic heterocycles. The fraction of sp³-hybridized carbons (Fsp3) is 0.357. The number of hydrogen-bond donors (Lipinski definition) is 0. The molecule has 0 radical (unpaired) electrons. The molecule has 0 aliphatic carbocycles. The molecule has 1 fully saturated rings. The fourth-order valence-electron chi connectivity index (χ4n) is 2.45. The van der Waals surface area contributed by atoms with Crippen molar-refractivity contribution in [3.8, 4) is 11.5 Å². The minimum atomic E-state index is -0.388. The van der Waals surface area contributed by atoms with Crippen LogP contribution in [0, 0.1) is 5.82 Å². The van der Waals surface area contributed by atoms with Gasteiger partial charge in [-0.3, -0.25) is 4.79 Å². The first kappa shape index (κ1) is 12.8. The second-order valence-electron chi connectivity index (χ2n) is 4.86. The third kappa shape index (κ3) is 2.41. The van der Waals surface area contributed by atoms with Crippen molar-refractivity contribution in [1.82, 2.24) is 15.1 Å². The number of benzene rings is 1. The molecule has 104 valence electrons. The molecule has 0 bridgehead atoms. The number of carbonyl (C=O) groups is 1. The van der Waals surface area contributed by atoms with Crippen LogP contribution in [0.25, 0.3) is 11.5 Å². The molecule has 2 aromatic rings. The Kier molecular flexibility index (Phi) is 3.45. The molecule has 0 spiro atoms. The highest BCUT2D eigenvalue weighted by Crippen LogP contribution is 2.28. The molecule has 0 unspecified atom stereocenters. The fourth-order valence-corrected chi connectivity index (χ4v) is 2.45. The molecule has 6 heteroatoms. The Morgan fingerprint density at radius 1 is 1.35 bits per heavy atom. The predicted octanol–water partition coefficient (Wildman–Crippen LogP) is 2.21. The minimum Gasteiger partial charge on any atom is -0.420 e. The summed E-state index contributed by atoms with van der Waals surface area (Å²) >= 11 is 0. The molecule has 0 saturated carbocycles. The van der Waals surface area contributed by atoms with E-state index < -0.39 is 0 Å². The summed E-state index contributed by atoms with van der Waals surface area (Å²) in [6.45, 7) is 1.33. The summed E-state index contributed by atoms with van der Waals surface area (Å²) in [5.74, 6) is 0.291. The van der Waals surface area contributed by atoms with Gasteiger partial charge in [-0.1, -0.05) is 12.1 Å². The SMILES string of the molecule is O=CN1CCC[C@H](c2nnc(-c3ccccc3F)o2)C1. The van der Waals surface area contributed by atoms with Crippen molar-refractivity contribution in [3.63, 3.8) is 0 Å². The average molecular weight is 275 g/mol. The van der Waals surface area contributed by atoms with Crippen LogP contribution in [0.2, 0.25) is 0 Å². The third-order valence-electron chi connectivity index (χ3n) is 3.50. The van der Waals surface area contributed by atoms with Crippen molar-refractivity contribution >= 4 is 6.41 Å². The van der Waals surface area contributed by atoms with Crippen LogP contribution in [0.5, 0.6) is 0 Å². The molecule has 1 saturated heterocycles. The Morgan fingerprint density at radius 3 is 3.00 bits per heavy atom. The molecule has 1 aliphatic rings. The number of rotatable bonds is 3. The topological polar surface area (TPSA) is 59.2 Å². The van der Waals surface area contributed by atoms with Crippen LogP contribution >= 0.6 is 0 Å². The Hall–Kier alpha value is -2.24. The van der Waals surface area contributed by atoms with Gasteiger partial charge in [-0.2, -0.15) is 0 Å². The van der Waals surface area contributed by atoms with Gasteiger partial charge >= 0.3 is 0 Å². The van der Waals surface area contributed by atoms with Crippen molar-refractivity contribution < 1.29 is 13.6 Å². The first-order valence-corrected chi connectivity index (χ1v) is 6.55. The largest absolute Gasteiger partial charge is 0.420 e. The van der Waals surface area contributed by atoms with E-state index in [0.717, 1.165) is 25.8 Å². The molecular weight excluding hydrogens is 261 g/mol. The van der Waals surface area contributed by atoms with Crippen molar-refractivity contribution in [3.05, 3.63) is 36.0 Å². The van der Waals surface area contributed by atoms with Gasteiger partial charge in [0.2, 0.25) is 12.3 Å². The Labute approximate surface area is 115 Å².